The Morgan fingerprint density at radius 3 is 2.14 bits per heavy atom. The summed E-state index contributed by atoms with van der Waals surface area (Å²) in [5.41, 5.74) is 3.28. The first kappa shape index (κ1) is 31.9. The summed E-state index contributed by atoms with van der Waals surface area (Å²) in [5.74, 6) is -1.22. The molecule has 1 aliphatic rings. The lowest BCUT2D eigenvalue weighted by molar-refractivity contribution is -0.147. The second-order valence-electron chi connectivity index (χ2n) is 10.9. The highest BCUT2D eigenvalue weighted by atomic mass is 32.2. The van der Waals surface area contributed by atoms with Crippen LogP contribution in [-0.4, -0.2) is 38.3 Å². The molecule has 3 atom stereocenters. The van der Waals surface area contributed by atoms with Gasteiger partial charge in [-0.3, -0.25) is 14.4 Å². The number of β-lactam (4-membered cyclic amide) rings is 1. The first-order chi connectivity index (χ1) is 20.4. The van der Waals surface area contributed by atoms with E-state index in [0.717, 1.165) is 29.7 Å². The summed E-state index contributed by atoms with van der Waals surface area (Å²) in [6.07, 6.45) is 3.45. The van der Waals surface area contributed by atoms with Crippen LogP contribution in [0.4, 0.5) is 10.1 Å². The number of rotatable bonds is 13. The molecule has 0 bridgehead atoms. The van der Waals surface area contributed by atoms with Gasteiger partial charge in [-0.15, -0.1) is 0 Å². The summed E-state index contributed by atoms with van der Waals surface area (Å²) in [6.45, 7) is 2.64. The van der Waals surface area contributed by atoms with E-state index in [1.54, 1.807) is 29.2 Å². The average molecular weight is 610 g/mol. The van der Waals surface area contributed by atoms with Gasteiger partial charge in [-0.05, 0) is 85.2 Å². The van der Waals surface area contributed by atoms with Crippen LogP contribution < -0.4 is 9.64 Å². The number of sulfone groups is 1. The summed E-state index contributed by atoms with van der Waals surface area (Å²) in [6, 6.07) is 20.2. The van der Waals surface area contributed by atoms with Crippen LogP contribution in [0.3, 0.4) is 0 Å². The molecule has 1 fully saturated rings. The SMILES string of the molecule is CC(=O)Oc1ccc([C@@H]2C(CC[C@H](OC(C)=O)c3ccc(F)cc3)C(=O)N2c2ccc(CCCCS(C)(=O)=O)cc2)cc1. The Kier molecular flexibility index (Phi) is 10.3. The van der Waals surface area contributed by atoms with E-state index in [4.69, 9.17) is 9.47 Å². The third-order valence-electron chi connectivity index (χ3n) is 7.43. The fourth-order valence-electron chi connectivity index (χ4n) is 5.42. The van der Waals surface area contributed by atoms with E-state index in [2.05, 4.69) is 0 Å². The van der Waals surface area contributed by atoms with Crippen LogP contribution in [0.15, 0.2) is 72.8 Å². The second-order valence-corrected chi connectivity index (χ2v) is 13.2. The molecular weight excluding hydrogens is 573 g/mol. The molecule has 10 heteroatoms. The number of esters is 2. The summed E-state index contributed by atoms with van der Waals surface area (Å²) >= 11 is 0. The van der Waals surface area contributed by atoms with Gasteiger partial charge in [0.05, 0.1) is 12.0 Å². The maximum Gasteiger partial charge on any atom is 0.308 e. The van der Waals surface area contributed by atoms with E-state index < -0.39 is 39.6 Å². The molecule has 1 saturated heterocycles. The first-order valence-corrected chi connectivity index (χ1v) is 16.3. The van der Waals surface area contributed by atoms with Gasteiger partial charge < -0.3 is 14.4 Å². The number of aryl methyl sites for hydroxylation is 1. The molecule has 0 radical (unpaired) electrons. The van der Waals surface area contributed by atoms with Gasteiger partial charge in [-0.1, -0.05) is 36.4 Å². The lowest BCUT2D eigenvalue weighted by atomic mass is 9.78. The van der Waals surface area contributed by atoms with Crippen molar-refractivity contribution in [3.63, 3.8) is 0 Å². The fourth-order valence-corrected chi connectivity index (χ4v) is 6.15. The minimum Gasteiger partial charge on any atom is -0.458 e. The Balaban J connectivity index is 1.53. The number of nitrogens with zero attached hydrogens (tertiary/aromatic N) is 1. The normalized spacial score (nSPS) is 17.2. The van der Waals surface area contributed by atoms with E-state index in [0.29, 0.717) is 30.6 Å². The lowest BCUT2D eigenvalue weighted by Crippen LogP contribution is -2.55. The average Bonchev–Trinajstić information content (AvgIpc) is 2.94. The molecular formula is C33H36FNO7S. The quantitative estimate of drug-likeness (QED) is 0.103. The number of anilines is 1. The highest BCUT2D eigenvalue weighted by molar-refractivity contribution is 7.90. The third kappa shape index (κ3) is 8.73. The number of unbranched alkanes of at least 4 members (excludes halogenated alkanes) is 1. The van der Waals surface area contributed by atoms with E-state index in [1.807, 2.05) is 36.4 Å². The zero-order valence-corrected chi connectivity index (χ0v) is 25.3. The number of hydrogen-bond donors (Lipinski definition) is 0. The van der Waals surface area contributed by atoms with E-state index in [9.17, 15) is 27.2 Å². The molecule has 1 amide bonds. The highest BCUT2D eigenvalue weighted by Gasteiger charge is 2.48. The van der Waals surface area contributed by atoms with Gasteiger partial charge in [-0.25, -0.2) is 12.8 Å². The summed E-state index contributed by atoms with van der Waals surface area (Å²) in [4.78, 5) is 38.6. The number of hydrogen-bond acceptors (Lipinski definition) is 7. The molecule has 4 rings (SSSR count). The standard InChI is InChI=1S/C33H36FNO7S/c1-22(36)41-29-17-11-26(12-18-29)32-30(19-20-31(42-23(2)37)25-9-13-27(34)14-10-25)33(38)35(32)28-15-7-24(8-16-28)6-4-5-21-43(3,39)40/h7-18,30-32H,4-6,19-21H2,1-3H3/t30?,31-,32+/m0/s1. The molecule has 1 heterocycles. The van der Waals surface area contributed by atoms with Crippen molar-refractivity contribution in [1.29, 1.82) is 0 Å². The molecule has 0 aliphatic carbocycles. The maximum absolute atomic E-state index is 13.6. The molecule has 0 spiro atoms. The van der Waals surface area contributed by atoms with Gasteiger partial charge in [0.2, 0.25) is 5.91 Å². The molecule has 8 nitrogen and oxygen atoms in total. The number of amides is 1. The van der Waals surface area contributed by atoms with Crippen molar-refractivity contribution < 1.29 is 36.7 Å². The van der Waals surface area contributed by atoms with Crippen molar-refractivity contribution in [3.8, 4) is 5.75 Å². The third-order valence-corrected chi connectivity index (χ3v) is 8.46. The zero-order valence-electron chi connectivity index (χ0n) is 24.5. The first-order valence-electron chi connectivity index (χ1n) is 14.2. The fraction of sp³-hybridized carbons (Fsp3) is 0.364. The predicted octanol–water partition coefficient (Wildman–Crippen LogP) is 5.91. The van der Waals surface area contributed by atoms with E-state index in [-0.39, 0.29) is 17.7 Å². The molecule has 43 heavy (non-hydrogen) atoms. The van der Waals surface area contributed by atoms with E-state index >= 15 is 0 Å². The summed E-state index contributed by atoms with van der Waals surface area (Å²) in [5, 5.41) is 0. The van der Waals surface area contributed by atoms with Crippen molar-refractivity contribution >= 4 is 33.4 Å². The van der Waals surface area contributed by atoms with Crippen molar-refractivity contribution in [2.75, 3.05) is 16.9 Å². The summed E-state index contributed by atoms with van der Waals surface area (Å²) < 4.78 is 47.0. The van der Waals surface area contributed by atoms with Crippen LogP contribution in [-0.2, 0) is 35.4 Å². The van der Waals surface area contributed by atoms with Gasteiger partial charge in [0, 0.05) is 31.5 Å². The van der Waals surface area contributed by atoms with Crippen LogP contribution in [0.5, 0.6) is 5.75 Å². The lowest BCUT2D eigenvalue weighted by Gasteiger charge is -2.48. The number of carbonyl (C=O) groups excluding carboxylic acids is 3. The number of halogens is 1. The van der Waals surface area contributed by atoms with Crippen LogP contribution in [0, 0.1) is 11.7 Å². The second kappa shape index (κ2) is 13.9. The molecule has 1 aliphatic heterocycles. The smallest absolute Gasteiger partial charge is 0.308 e. The summed E-state index contributed by atoms with van der Waals surface area (Å²) in [7, 11) is -2.99. The van der Waals surface area contributed by atoms with Gasteiger partial charge in [-0.2, -0.15) is 0 Å². The minimum atomic E-state index is -2.99. The Morgan fingerprint density at radius 2 is 1.56 bits per heavy atom. The van der Waals surface area contributed by atoms with Gasteiger partial charge in [0.15, 0.2) is 0 Å². The molecule has 0 aromatic heterocycles. The maximum atomic E-state index is 13.6. The van der Waals surface area contributed by atoms with Gasteiger partial charge >= 0.3 is 11.9 Å². The van der Waals surface area contributed by atoms with Gasteiger partial charge in [0.25, 0.3) is 0 Å². The molecule has 1 unspecified atom stereocenters. The van der Waals surface area contributed by atoms with Crippen molar-refractivity contribution in [3.05, 3.63) is 95.3 Å². The Labute approximate surface area is 251 Å². The number of benzene rings is 3. The largest absolute Gasteiger partial charge is 0.458 e. The molecule has 3 aromatic carbocycles. The van der Waals surface area contributed by atoms with Crippen LogP contribution >= 0.6 is 0 Å². The molecule has 228 valence electrons. The highest BCUT2D eigenvalue weighted by Crippen LogP contribution is 2.47. The van der Waals surface area contributed by atoms with Crippen molar-refractivity contribution in [2.45, 2.75) is 58.1 Å². The minimum absolute atomic E-state index is 0.0735. The van der Waals surface area contributed by atoms with Crippen LogP contribution in [0.2, 0.25) is 0 Å². The van der Waals surface area contributed by atoms with Crippen LogP contribution in [0.1, 0.15) is 68.4 Å². The number of carbonyl (C=O) groups is 3. The topological polar surface area (TPSA) is 107 Å². The Bertz CT molecular complexity index is 1540. The number of ether oxygens (including phenoxy) is 2. The van der Waals surface area contributed by atoms with E-state index in [1.165, 1.54) is 32.2 Å². The van der Waals surface area contributed by atoms with Crippen molar-refractivity contribution in [2.24, 2.45) is 5.92 Å². The van der Waals surface area contributed by atoms with Crippen LogP contribution in [0.25, 0.3) is 0 Å². The molecule has 0 N–H and O–H groups in total. The van der Waals surface area contributed by atoms with Crippen molar-refractivity contribution in [1.82, 2.24) is 0 Å². The molecule has 0 saturated carbocycles. The monoisotopic (exact) mass is 609 g/mol. The predicted molar refractivity (Wildman–Crippen MR) is 161 cm³/mol. The van der Waals surface area contributed by atoms with Gasteiger partial charge in [0.1, 0.15) is 27.5 Å². The molecule has 3 aromatic rings. The Morgan fingerprint density at radius 1 is 0.907 bits per heavy atom. The zero-order chi connectivity index (χ0) is 31.1. The Hall–Kier alpha value is -4.05.